The number of carbonyl (C=O) groups is 2. The largest absolute Gasteiger partial charge is 0.480 e. The fraction of sp³-hybridized carbons (Fsp3) is 0.357. The topological polar surface area (TPSA) is 86.3 Å². The van der Waals surface area contributed by atoms with Crippen molar-refractivity contribution in [2.75, 3.05) is 6.54 Å². The monoisotopic (exact) mass is 273 g/mol. The number of piperidine rings is 1. The first kappa shape index (κ1) is 12.7. The molecule has 2 heterocycles. The average molecular weight is 273 g/mol. The van der Waals surface area contributed by atoms with E-state index in [9.17, 15) is 14.7 Å². The van der Waals surface area contributed by atoms with E-state index in [-0.39, 0.29) is 5.91 Å². The molecule has 1 fully saturated rings. The lowest BCUT2D eigenvalue weighted by molar-refractivity contribution is -0.143. The number of aromatic amines is 1. The van der Waals surface area contributed by atoms with Crippen LogP contribution in [0.1, 0.15) is 29.6 Å². The van der Waals surface area contributed by atoms with Gasteiger partial charge in [0.2, 0.25) is 0 Å². The molecule has 104 valence electrons. The van der Waals surface area contributed by atoms with Gasteiger partial charge in [-0.15, -0.1) is 0 Å². The van der Waals surface area contributed by atoms with Crippen LogP contribution in [0.3, 0.4) is 0 Å². The quantitative estimate of drug-likeness (QED) is 0.871. The van der Waals surface area contributed by atoms with Gasteiger partial charge in [0.25, 0.3) is 5.91 Å². The van der Waals surface area contributed by atoms with Gasteiger partial charge in [0.05, 0.1) is 17.4 Å². The normalized spacial score (nSPS) is 19.2. The molecule has 0 radical (unpaired) electrons. The van der Waals surface area contributed by atoms with Crippen molar-refractivity contribution in [3.05, 3.63) is 30.1 Å². The van der Waals surface area contributed by atoms with Gasteiger partial charge in [-0.05, 0) is 37.5 Å². The minimum absolute atomic E-state index is 0.228. The second-order valence-corrected chi connectivity index (χ2v) is 4.98. The van der Waals surface area contributed by atoms with Crippen molar-refractivity contribution >= 4 is 22.9 Å². The van der Waals surface area contributed by atoms with Crippen LogP contribution in [0.15, 0.2) is 24.5 Å². The first-order valence-electron chi connectivity index (χ1n) is 6.64. The molecule has 3 rings (SSSR count). The van der Waals surface area contributed by atoms with Crippen molar-refractivity contribution < 1.29 is 14.7 Å². The van der Waals surface area contributed by atoms with Crippen LogP contribution in [0.25, 0.3) is 11.0 Å². The van der Waals surface area contributed by atoms with Gasteiger partial charge in [0.15, 0.2) is 0 Å². The molecule has 0 saturated carbocycles. The summed E-state index contributed by atoms with van der Waals surface area (Å²) in [7, 11) is 0. The third kappa shape index (κ3) is 2.13. The highest BCUT2D eigenvalue weighted by molar-refractivity contribution is 5.99. The number of carbonyl (C=O) groups excluding carboxylic acids is 1. The second-order valence-electron chi connectivity index (χ2n) is 4.98. The maximum absolute atomic E-state index is 12.5. The second kappa shape index (κ2) is 4.96. The lowest BCUT2D eigenvalue weighted by atomic mass is 10.0. The van der Waals surface area contributed by atoms with E-state index in [2.05, 4.69) is 9.97 Å². The zero-order valence-corrected chi connectivity index (χ0v) is 10.9. The van der Waals surface area contributed by atoms with E-state index in [1.165, 1.54) is 4.90 Å². The maximum atomic E-state index is 12.5. The number of imidazole rings is 1. The molecule has 1 aromatic heterocycles. The molecule has 6 heteroatoms. The predicted octanol–water partition coefficient (Wildman–Crippen LogP) is 1.64. The van der Waals surface area contributed by atoms with Crippen LogP contribution >= 0.6 is 0 Å². The molecule has 1 aliphatic rings. The van der Waals surface area contributed by atoms with Crippen LogP contribution < -0.4 is 0 Å². The highest BCUT2D eigenvalue weighted by Crippen LogP contribution is 2.21. The Morgan fingerprint density at radius 1 is 1.35 bits per heavy atom. The number of rotatable bonds is 2. The number of likely N-dealkylation sites (tertiary alicyclic amines) is 1. The molecule has 1 saturated heterocycles. The third-order valence-electron chi connectivity index (χ3n) is 3.72. The summed E-state index contributed by atoms with van der Waals surface area (Å²) in [6, 6.07) is 4.46. The zero-order valence-electron chi connectivity index (χ0n) is 10.9. The molecule has 2 N–H and O–H groups in total. The van der Waals surface area contributed by atoms with Gasteiger partial charge in [-0.25, -0.2) is 9.78 Å². The summed E-state index contributed by atoms with van der Waals surface area (Å²) in [6.07, 6.45) is 3.79. The number of aliphatic carboxylic acids is 1. The van der Waals surface area contributed by atoms with Gasteiger partial charge in [-0.2, -0.15) is 0 Å². The van der Waals surface area contributed by atoms with Crippen molar-refractivity contribution in [2.45, 2.75) is 25.3 Å². The van der Waals surface area contributed by atoms with E-state index in [1.807, 2.05) is 0 Å². The average Bonchev–Trinajstić information content (AvgIpc) is 2.93. The van der Waals surface area contributed by atoms with Crippen LogP contribution in [0.4, 0.5) is 0 Å². The first-order chi connectivity index (χ1) is 9.66. The number of carboxylic acid groups (broad SMARTS) is 1. The van der Waals surface area contributed by atoms with Crippen LogP contribution in [-0.4, -0.2) is 44.4 Å². The molecule has 0 aliphatic carbocycles. The van der Waals surface area contributed by atoms with Crippen molar-refractivity contribution in [3.8, 4) is 0 Å². The number of carboxylic acids is 1. The standard InChI is InChI=1S/C14H15N3O3/c18-13(17-6-2-1-3-12(17)14(19)20)9-4-5-10-11(7-9)16-8-15-10/h4-5,7-8,12H,1-3,6H2,(H,15,16)(H,19,20). The molecule has 6 nitrogen and oxygen atoms in total. The van der Waals surface area contributed by atoms with Gasteiger partial charge in [0, 0.05) is 12.1 Å². The van der Waals surface area contributed by atoms with Crippen LogP contribution in [0, 0.1) is 0 Å². The van der Waals surface area contributed by atoms with E-state index in [0.29, 0.717) is 18.5 Å². The molecule has 0 spiro atoms. The molecule has 0 bridgehead atoms. The molecule has 1 amide bonds. The smallest absolute Gasteiger partial charge is 0.326 e. The Morgan fingerprint density at radius 3 is 3.00 bits per heavy atom. The lowest BCUT2D eigenvalue weighted by Crippen LogP contribution is -2.47. The Hall–Kier alpha value is -2.37. The Balaban J connectivity index is 1.91. The number of amides is 1. The summed E-state index contributed by atoms with van der Waals surface area (Å²) in [6.45, 7) is 0.497. The van der Waals surface area contributed by atoms with Crippen molar-refractivity contribution in [1.82, 2.24) is 14.9 Å². The first-order valence-corrected chi connectivity index (χ1v) is 6.64. The molecule has 2 aromatic rings. The Bertz CT molecular complexity index is 664. The molecule has 1 atom stereocenters. The molecule has 20 heavy (non-hydrogen) atoms. The number of nitrogens with zero attached hydrogens (tertiary/aromatic N) is 2. The van der Waals surface area contributed by atoms with Crippen LogP contribution in [0.2, 0.25) is 0 Å². The predicted molar refractivity (Wildman–Crippen MR) is 72.4 cm³/mol. The molecular formula is C14H15N3O3. The number of hydrogen-bond donors (Lipinski definition) is 2. The summed E-state index contributed by atoms with van der Waals surface area (Å²) >= 11 is 0. The minimum atomic E-state index is -0.930. The molecule has 1 unspecified atom stereocenters. The minimum Gasteiger partial charge on any atom is -0.480 e. The third-order valence-corrected chi connectivity index (χ3v) is 3.72. The van der Waals surface area contributed by atoms with Crippen LogP contribution in [0.5, 0.6) is 0 Å². The Morgan fingerprint density at radius 2 is 2.20 bits per heavy atom. The highest BCUT2D eigenvalue weighted by Gasteiger charge is 2.32. The summed E-state index contributed by atoms with van der Waals surface area (Å²) in [4.78, 5) is 32.3. The summed E-state index contributed by atoms with van der Waals surface area (Å²) in [5.74, 6) is -1.16. The molecule has 1 aromatic carbocycles. The van der Waals surface area contributed by atoms with E-state index < -0.39 is 12.0 Å². The van der Waals surface area contributed by atoms with Gasteiger partial charge in [0.1, 0.15) is 6.04 Å². The number of nitrogens with one attached hydrogen (secondary N) is 1. The number of hydrogen-bond acceptors (Lipinski definition) is 3. The Kier molecular flexibility index (Phi) is 3.14. The lowest BCUT2D eigenvalue weighted by Gasteiger charge is -2.33. The SMILES string of the molecule is O=C(O)C1CCCCN1C(=O)c1ccc2nc[nH]c2c1. The number of benzene rings is 1. The van der Waals surface area contributed by atoms with Gasteiger partial charge < -0.3 is 15.0 Å². The van der Waals surface area contributed by atoms with E-state index in [1.54, 1.807) is 24.5 Å². The zero-order chi connectivity index (χ0) is 14.1. The molecular weight excluding hydrogens is 258 g/mol. The summed E-state index contributed by atoms with van der Waals surface area (Å²) in [5.41, 5.74) is 2.06. The Labute approximate surface area is 115 Å². The maximum Gasteiger partial charge on any atom is 0.326 e. The van der Waals surface area contributed by atoms with Gasteiger partial charge in [-0.3, -0.25) is 4.79 Å². The van der Waals surface area contributed by atoms with Crippen LogP contribution in [-0.2, 0) is 4.79 Å². The van der Waals surface area contributed by atoms with E-state index >= 15 is 0 Å². The van der Waals surface area contributed by atoms with Gasteiger partial charge in [-0.1, -0.05) is 0 Å². The fourth-order valence-electron chi connectivity index (χ4n) is 2.67. The van der Waals surface area contributed by atoms with Crippen molar-refractivity contribution in [2.24, 2.45) is 0 Å². The van der Waals surface area contributed by atoms with Crippen molar-refractivity contribution in [1.29, 1.82) is 0 Å². The fourth-order valence-corrected chi connectivity index (χ4v) is 2.67. The number of aromatic nitrogens is 2. The van der Waals surface area contributed by atoms with Gasteiger partial charge >= 0.3 is 5.97 Å². The van der Waals surface area contributed by atoms with E-state index in [0.717, 1.165) is 23.9 Å². The molecule has 1 aliphatic heterocycles. The number of H-pyrrole nitrogens is 1. The van der Waals surface area contributed by atoms with E-state index in [4.69, 9.17) is 0 Å². The highest BCUT2D eigenvalue weighted by atomic mass is 16.4. The summed E-state index contributed by atoms with van der Waals surface area (Å²) < 4.78 is 0. The summed E-state index contributed by atoms with van der Waals surface area (Å²) in [5, 5.41) is 9.23. The number of fused-ring (bicyclic) bond motifs is 1. The van der Waals surface area contributed by atoms with Crippen molar-refractivity contribution in [3.63, 3.8) is 0 Å².